The molecule has 8 heteroatoms. The van der Waals surface area contributed by atoms with E-state index in [0.717, 1.165) is 4.47 Å². The van der Waals surface area contributed by atoms with Crippen LogP contribution in [0.15, 0.2) is 22.7 Å². The summed E-state index contributed by atoms with van der Waals surface area (Å²) in [4.78, 5) is 38.9. The van der Waals surface area contributed by atoms with Gasteiger partial charge in [-0.25, -0.2) is 0 Å². The molecule has 0 spiro atoms. The summed E-state index contributed by atoms with van der Waals surface area (Å²) in [5.74, 6) is -1.46. The number of carboxylic acids is 1. The van der Waals surface area contributed by atoms with Crippen LogP contribution in [0.2, 0.25) is 0 Å². The maximum absolute atomic E-state index is 12.6. The molecule has 2 amide bonds. The van der Waals surface area contributed by atoms with Gasteiger partial charge in [-0.15, -0.1) is 0 Å². The number of ether oxygens (including phenoxy) is 1. The van der Waals surface area contributed by atoms with E-state index in [1.807, 2.05) is 0 Å². The number of carbonyl (C=O) groups is 3. The predicted molar refractivity (Wildman–Crippen MR) is 88.9 cm³/mol. The van der Waals surface area contributed by atoms with Gasteiger partial charge in [0.15, 0.2) is 6.61 Å². The first kappa shape index (κ1) is 16.8. The Bertz CT molecular complexity index is 708. The number of carbonyl (C=O) groups excluding carboxylic acids is 2. The lowest BCUT2D eigenvalue weighted by Gasteiger charge is -2.31. The molecule has 0 saturated carbocycles. The van der Waals surface area contributed by atoms with E-state index in [4.69, 9.17) is 4.74 Å². The Labute approximate surface area is 147 Å². The Hall–Kier alpha value is -2.09. The van der Waals surface area contributed by atoms with Crippen LogP contribution >= 0.6 is 15.9 Å². The van der Waals surface area contributed by atoms with Gasteiger partial charge < -0.3 is 14.7 Å². The predicted octanol–water partition coefficient (Wildman–Crippen LogP) is 1.50. The minimum atomic E-state index is -0.893. The molecule has 7 nitrogen and oxygen atoms in total. The zero-order valence-electron chi connectivity index (χ0n) is 13.1. The molecule has 2 atom stereocenters. The summed E-state index contributed by atoms with van der Waals surface area (Å²) in [6.07, 6.45) is 0.433. The molecule has 0 radical (unpaired) electrons. The SMILES string of the molecule is CC1C(C(=O)O)CCN1C(=O)CN1C(=O)COc2cc(Br)ccc21. The van der Waals surface area contributed by atoms with Gasteiger partial charge in [0.1, 0.15) is 12.3 Å². The molecule has 1 fully saturated rings. The second-order valence-corrected chi connectivity index (χ2v) is 6.86. The number of hydrogen-bond donors (Lipinski definition) is 1. The van der Waals surface area contributed by atoms with Crippen molar-refractivity contribution in [3.05, 3.63) is 22.7 Å². The molecular weight excluding hydrogens is 380 g/mol. The minimum Gasteiger partial charge on any atom is -0.482 e. The highest BCUT2D eigenvalue weighted by Crippen LogP contribution is 2.34. The molecule has 1 N–H and O–H groups in total. The molecule has 2 unspecified atom stereocenters. The van der Waals surface area contributed by atoms with Crippen LogP contribution in [0, 0.1) is 5.92 Å². The number of rotatable bonds is 3. The normalized spacial score (nSPS) is 23.0. The van der Waals surface area contributed by atoms with Gasteiger partial charge in [-0.05, 0) is 31.5 Å². The number of halogens is 1. The van der Waals surface area contributed by atoms with E-state index in [-0.39, 0.29) is 31.0 Å². The van der Waals surface area contributed by atoms with Crippen LogP contribution < -0.4 is 9.64 Å². The van der Waals surface area contributed by atoms with Gasteiger partial charge in [-0.3, -0.25) is 19.3 Å². The molecule has 3 rings (SSSR count). The zero-order chi connectivity index (χ0) is 17.4. The molecule has 2 heterocycles. The molecule has 1 aromatic carbocycles. The van der Waals surface area contributed by atoms with Crippen molar-refractivity contribution >= 4 is 39.4 Å². The van der Waals surface area contributed by atoms with Crippen LogP contribution in [0.1, 0.15) is 13.3 Å². The quantitative estimate of drug-likeness (QED) is 0.836. The third-order valence-electron chi connectivity index (χ3n) is 4.55. The first-order valence-corrected chi connectivity index (χ1v) is 8.42. The summed E-state index contributed by atoms with van der Waals surface area (Å²) in [6.45, 7) is 1.89. The molecule has 0 bridgehead atoms. The third-order valence-corrected chi connectivity index (χ3v) is 5.04. The van der Waals surface area contributed by atoms with Gasteiger partial charge in [-0.2, -0.15) is 0 Å². The van der Waals surface area contributed by atoms with Crippen molar-refractivity contribution in [2.24, 2.45) is 5.92 Å². The van der Waals surface area contributed by atoms with Gasteiger partial charge in [-0.1, -0.05) is 15.9 Å². The number of hydrogen-bond acceptors (Lipinski definition) is 4. The molecule has 24 heavy (non-hydrogen) atoms. The van der Waals surface area contributed by atoms with Crippen molar-refractivity contribution in [1.29, 1.82) is 0 Å². The fraction of sp³-hybridized carbons (Fsp3) is 0.438. The lowest BCUT2D eigenvalue weighted by atomic mass is 10.0. The smallest absolute Gasteiger partial charge is 0.308 e. The van der Waals surface area contributed by atoms with Gasteiger partial charge in [0, 0.05) is 17.1 Å². The maximum Gasteiger partial charge on any atom is 0.308 e. The van der Waals surface area contributed by atoms with E-state index in [2.05, 4.69) is 15.9 Å². The molecule has 1 aromatic rings. The first-order chi connectivity index (χ1) is 11.4. The lowest BCUT2D eigenvalue weighted by molar-refractivity contribution is -0.143. The average molecular weight is 397 g/mol. The number of anilines is 1. The van der Waals surface area contributed by atoms with Crippen LogP contribution in [0.4, 0.5) is 5.69 Å². The van der Waals surface area contributed by atoms with Crippen LogP contribution in [-0.2, 0) is 14.4 Å². The van der Waals surface area contributed by atoms with Gasteiger partial charge in [0.2, 0.25) is 5.91 Å². The highest BCUT2D eigenvalue weighted by molar-refractivity contribution is 9.10. The van der Waals surface area contributed by atoms with Crippen molar-refractivity contribution in [3.8, 4) is 5.75 Å². The molecule has 0 aromatic heterocycles. The van der Waals surface area contributed by atoms with E-state index < -0.39 is 11.9 Å². The van der Waals surface area contributed by atoms with Crippen molar-refractivity contribution in [3.63, 3.8) is 0 Å². The molecule has 2 aliphatic rings. The summed E-state index contributed by atoms with van der Waals surface area (Å²) in [5.41, 5.74) is 0.546. The van der Waals surface area contributed by atoms with Gasteiger partial charge >= 0.3 is 5.97 Å². The Morgan fingerprint density at radius 3 is 2.83 bits per heavy atom. The second-order valence-electron chi connectivity index (χ2n) is 5.94. The van der Waals surface area contributed by atoms with Crippen molar-refractivity contribution in [2.45, 2.75) is 19.4 Å². The zero-order valence-corrected chi connectivity index (χ0v) is 14.7. The van der Waals surface area contributed by atoms with Crippen LogP contribution in [0.3, 0.4) is 0 Å². The number of fused-ring (bicyclic) bond motifs is 1. The Morgan fingerprint density at radius 2 is 2.17 bits per heavy atom. The van der Waals surface area contributed by atoms with Gasteiger partial charge in [0.25, 0.3) is 5.91 Å². The summed E-state index contributed by atoms with van der Waals surface area (Å²) < 4.78 is 6.22. The first-order valence-electron chi connectivity index (χ1n) is 7.63. The average Bonchev–Trinajstić information content (AvgIpc) is 2.92. The molecule has 128 valence electrons. The van der Waals surface area contributed by atoms with Crippen LogP contribution in [0.25, 0.3) is 0 Å². The van der Waals surface area contributed by atoms with E-state index in [0.29, 0.717) is 24.4 Å². The minimum absolute atomic E-state index is 0.118. The van der Waals surface area contributed by atoms with E-state index in [1.165, 1.54) is 4.90 Å². The number of carboxylic acid groups (broad SMARTS) is 1. The van der Waals surface area contributed by atoms with Crippen LogP contribution in [0.5, 0.6) is 5.75 Å². The number of nitrogens with zero attached hydrogens (tertiary/aromatic N) is 2. The Balaban J connectivity index is 1.78. The summed E-state index contributed by atoms with van der Waals surface area (Å²) in [6, 6.07) is 4.86. The molecular formula is C16H17BrN2O5. The Kier molecular flexibility index (Phi) is 4.49. The summed E-state index contributed by atoms with van der Waals surface area (Å²) >= 11 is 3.34. The third kappa shape index (κ3) is 2.98. The maximum atomic E-state index is 12.6. The summed E-state index contributed by atoms with van der Waals surface area (Å²) in [5, 5.41) is 9.18. The van der Waals surface area contributed by atoms with E-state index in [9.17, 15) is 19.5 Å². The molecule has 1 saturated heterocycles. The topological polar surface area (TPSA) is 87.2 Å². The van der Waals surface area contributed by atoms with Crippen molar-refractivity contribution in [2.75, 3.05) is 24.6 Å². The number of benzene rings is 1. The van der Waals surface area contributed by atoms with E-state index in [1.54, 1.807) is 30.0 Å². The number of amides is 2. The van der Waals surface area contributed by atoms with Crippen molar-refractivity contribution in [1.82, 2.24) is 4.90 Å². The lowest BCUT2D eigenvalue weighted by Crippen LogP contribution is -2.48. The number of aliphatic carboxylic acids is 1. The highest BCUT2D eigenvalue weighted by Gasteiger charge is 2.39. The van der Waals surface area contributed by atoms with Crippen LogP contribution in [-0.4, -0.2) is 53.5 Å². The standard InChI is InChI=1S/C16H17BrN2O5/c1-9-11(16(22)23)4-5-18(9)14(20)7-19-12-3-2-10(17)6-13(12)24-8-15(19)21/h2-3,6,9,11H,4-5,7-8H2,1H3,(H,22,23). The van der Waals surface area contributed by atoms with E-state index >= 15 is 0 Å². The van der Waals surface area contributed by atoms with Gasteiger partial charge in [0.05, 0.1) is 11.6 Å². The summed E-state index contributed by atoms with van der Waals surface area (Å²) in [7, 11) is 0. The largest absolute Gasteiger partial charge is 0.482 e. The van der Waals surface area contributed by atoms with Crippen molar-refractivity contribution < 1.29 is 24.2 Å². The highest BCUT2D eigenvalue weighted by atomic mass is 79.9. The fourth-order valence-corrected chi connectivity index (χ4v) is 3.54. The number of likely N-dealkylation sites (tertiary alicyclic amines) is 1. The molecule has 0 aliphatic carbocycles. The molecule has 2 aliphatic heterocycles. The second kappa shape index (κ2) is 6.43. The monoisotopic (exact) mass is 396 g/mol. The fourth-order valence-electron chi connectivity index (χ4n) is 3.20. The Morgan fingerprint density at radius 1 is 1.42 bits per heavy atom.